The first kappa shape index (κ1) is 24.7. The summed E-state index contributed by atoms with van der Waals surface area (Å²) in [6.07, 6.45) is 7.13. The van der Waals surface area contributed by atoms with Crippen molar-refractivity contribution in [2.75, 3.05) is 6.54 Å². The van der Waals surface area contributed by atoms with Crippen LogP contribution in [0.2, 0.25) is 0 Å². The van der Waals surface area contributed by atoms with Crippen molar-refractivity contribution in [3.63, 3.8) is 0 Å². The van der Waals surface area contributed by atoms with Gasteiger partial charge in [0.2, 0.25) is 15.0 Å². The van der Waals surface area contributed by atoms with Gasteiger partial charge in [0.1, 0.15) is 0 Å². The van der Waals surface area contributed by atoms with Gasteiger partial charge in [0.15, 0.2) is 5.11 Å². The van der Waals surface area contributed by atoms with Crippen molar-refractivity contribution in [2.45, 2.75) is 89.3 Å². The van der Waals surface area contributed by atoms with Crippen LogP contribution in [0.1, 0.15) is 75.7 Å². The molecule has 0 spiro atoms. The predicted molar refractivity (Wildman–Crippen MR) is 133 cm³/mol. The topological polar surface area (TPSA) is 67.2 Å². The number of benzene rings is 1. The van der Waals surface area contributed by atoms with Crippen LogP contribution < -0.4 is 5.32 Å². The SMILES string of the molecule is CCNC(=S)N(Cc1cnc(S(=O)(=O)Cc2cccc(C)c2)n1C1CCCCC1)C(C)C. The van der Waals surface area contributed by atoms with Gasteiger partial charge < -0.3 is 14.8 Å². The molecule has 1 fully saturated rings. The third-order valence-corrected chi connectivity index (χ3v) is 7.99. The van der Waals surface area contributed by atoms with Crippen LogP contribution >= 0.6 is 12.2 Å². The summed E-state index contributed by atoms with van der Waals surface area (Å²) < 4.78 is 29.0. The van der Waals surface area contributed by atoms with Gasteiger partial charge in [0.05, 0.1) is 24.2 Å². The second kappa shape index (κ2) is 10.8. The van der Waals surface area contributed by atoms with Crippen LogP contribution in [0.3, 0.4) is 0 Å². The number of rotatable bonds is 8. The Morgan fingerprint density at radius 1 is 1.28 bits per heavy atom. The highest BCUT2D eigenvalue weighted by Crippen LogP contribution is 2.33. The van der Waals surface area contributed by atoms with E-state index in [1.165, 1.54) is 6.42 Å². The highest BCUT2D eigenvalue weighted by atomic mass is 32.2. The van der Waals surface area contributed by atoms with Gasteiger partial charge in [-0.3, -0.25) is 0 Å². The molecule has 176 valence electrons. The lowest BCUT2D eigenvalue weighted by molar-refractivity contribution is 0.294. The number of aryl methyl sites for hydroxylation is 1. The Morgan fingerprint density at radius 2 is 2.00 bits per heavy atom. The number of aromatic nitrogens is 2. The standard InChI is InChI=1S/C24H36N4O2S2/c1-5-25-23(31)27(18(2)3)16-22-15-26-24(28(22)21-12-7-6-8-13-21)32(29,30)17-20-11-9-10-19(4)14-20/h9-11,14-15,18,21H,5-8,12-13,16-17H2,1-4H3,(H,25,31). The Labute approximate surface area is 198 Å². The number of hydrogen-bond donors (Lipinski definition) is 1. The van der Waals surface area contributed by atoms with Gasteiger partial charge in [0.25, 0.3) is 0 Å². The molecular weight excluding hydrogens is 440 g/mol. The van der Waals surface area contributed by atoms with Gasteiger partial charge in [-0.05, 0) is 58.3 Å². The maximum atomic E-state index is 13.5. The maximum absolute atomic E-state index is 13.5. The fourth-order valence-corrected chi connectivity index (χ4v) is 6.40. The molecule has 0 bridgehead atoms. The Hall–Kier alpha value is -1.93. The van der Waals surface area contributed by atoms with E-state index in [0.717, 1.165) is 49.0 Å². The van der Waals surface area contributed by atoms with Crippen molar-refractivity contribution in [3.8, 4) is 0 Å². The molecule has 0 aliphatic heterocycles. The first-order valence-electron chi connectivity index (χ1n) is 11.6. The summed E-state index contributed by atoms with van der Waals surface area (Å²) >= 11 is 5.60. The smallest absolute Gasteiger partial charge is 0.228 e. The molecule has 0 unspecified atom stereocenters. The lowest BCUT2D eigenvalue weighted by Crippen LogP contribution is -2.43. The van der Waals surface area contributed by atoms with Gasteiger partial charge >= 0.3 is 0 Å². The summed E-state index contributed by atoms with van der Waals surface area (Å²) in [5.41, 5.74) is 2.76. The van der Waals surface area contributed by atoms with Crippen molar-refractivity contribution >= 4 is 27.2 Å². The largest absolute Gasteiger partial charge is 0.363 e. The summed E-state index contributed by atoms with van der Waals surface area (Å²) in [6, 6.07) is 8.02. The molecule has 3 rings (SSSR count). The second-order valence-corrected chi connectivity index (χ2v) is 11.3. The molecule has 1 saturated carbocycles. The Bertz CT molecular complexity index is 1020. The van der Waals surface area contributed by atoms with Crippen LogP contribution in [-0.2, 0) is 22.1 Å². The van der Waals surface area contributed by atoms with Gasteiger partial charge in [0, 0.05) is 18.6 Å². The molecule has 0 amide bonds. The molecule has 1 aliphatic carbocycles. The summed E-state index contributed by atoms with van der Waals surface area (Å²) in [5, 5.41) is 4.11. The van der Waals surface area contributed by atoms with E-state index >= 15 is 0 Å². The first-order valence-corrected chi connectivity index (χ1v) is 13.7. The minimum Gasteiger partial charge on any atom is -0.363 e. The van der Waals surface area contributed by atoms with Crippen molar-refractivity contribution in [2.24, 2.45) is 0 Å². The summed E-state index contributed by atoms with van der Waals surface area (Å²) in [6.45, 7) is 9.48. The first-order chi connectivity index (χ1) is 15.2. The normalized spacial score (nSPS) is 15.2. The Morgan fingerprint density at radius 3 is 2.62 bits per heavy atom. The van der Waals surface area contributed by atoms with Crippen molar-refractivity contribution < 1.29 is 8.42 Å². The molecule has 1 aromatic carbocycles. The third-order valence-electron chi connectivity index (χ3n) is 6.04. The van der Waals surface area contributed by atoms with Crippen molar-refractivity contribution in [3.05, 3.63) is 47.3 Å². The maximum Gasteiger partial charge on any atom is 0.228 e. The molecule has 1 heterocycles. The number of nitrogens with zero attached hydrogens (tertiary/aromatic N) is 3. The minimum absolute atomic E-state index is 0.0401. The summed E-state index contributed by atoms with van der Waals surface area (Å²) in [4.78, 5) is 6.59. The average Bonchev–Trinajstić information content (AvgIpc) is 3.17. The van der Waals surface area contributed by atoms with Gasteiger partial charge in [-0.2, -0.15) is 0 Å². The molecule has 0 saturated heterocycles. The van der Waals surface area contributed by atoms with E-state index in [1.807, 2.05) is 42.7 Å². The van der Waals surface area contributed by atoms with Crippen LogP contribution in [-0.4, -0.2) is 40.6 Å². The molecule has 2 aromatic rings. The van der Waals surface area contributed by atoms with Crippen LogP contribution in [0.15, 0.2) is 35.6 Å². The zero-order valence-corrected chi connectivity index (χ0v) is 21.3. The monoisotopic (exact) mass is 476 g/mol. The third kappa shape index (κ3) is 5.90. The number of nitrogens with one attached hydrogen (secondary N) is 1. The van der Waals surface area contributed by atoms with Crippen LogP contribution in [0.4, 0.5) is 0 Å². The molecular formula is C24H36N4O2S2. The second-order valence-electron chi connectivity index (χ2n) is 9.00. The fraction of sp³-hybridized carbons (Fsp3) is 0.583. The molecule has 6 nitrogen and oxygen atoms in total. The zero-order valence-electron chi connectivity index (χ0n) is 19.7. The van der Waals surface area contributed by atoms with E-state index in [9.17, 15) is 8.42 Å². The van der Waals surface area contributed by atoms with E-state index in [2.05, 4.69) is 29.0 Å². The van der Waals surface area contributed by atoms with Crippen molar-refractivity contribution in [1.82, 2.24) is 19.8 Å². The number of imidazole rings is 1. The lowest BCUT2D eigenvalue weighted by Gasteiger charge is -2.32. The van der Waals surface area contributed by atoms with E-state index in [0.29, 0.717) is 11.7 Å². The Balaban J connectivity index is 1.99. The fourth-order valence-electron chi connectivity index (χ4n) is 4.46. The molecule has 1 aliphatic rings. The molecule has 1 aromatic heterocycles. The summed E-state index contributed by atoms with van der Waals surface area (Å²) in [5.74, 6) is -0.0401. The Kier molecular flexibility index (Phi) is 8.33. The highest BCUT2D eigenvalue weighted by molar-refractivity contribution is 7.90. The van der Waals surface area contributed by atoms with Crippen LogP contribution in [0, 0.1) is 6.92 Å². The molecule has 0 atom stereocenters. The number of thiocarbonyl (C=S) groups is 1. The molecule has 8 heteroatoms. The van der Waals surface area contributed by atoms with Crippen molar-refractivity contribution in [1.29, 1.82) is 0 Å². The molecule has 1 N–H and O–H groups in total. The van der Waals surface area contributed by atoms with Crippen LogP contribution in [0.25, 0.3) is 0 Å². The van der Waals surface area contributed by atoms with Gasteiger partial charge in [-0.1, -0.05) is 49.1 Å². The van der Waals surface area contributed by atoms with E-state index in [4.69, 9.17) is 12.2 Å². The number of sulfone groups is 1. The van der Waals surface area contributed by atoms with E-state index in [-0.39, 0.29) is 23.0 Å². The summed E-state index contributed by atoms with van der Waals surface area (Å²) in [7, 11) is -3.59. The van der Waals surface area contributed by atoms with Gasteiger partial charge in [-0.15, -0.1) is 0 Å². The van der Waals surface area contributed by atoms with E-state index < -0.39 is 9.84 Å². The highest BCUT2D eigenvalue weighted by Gasteiger charge is 2.30. The minimum atomic E-state index is -3.59. The molecule has 0 radical (unpaired) electrons. The zero-order chi connectivity index (χ0) is 23.3. The van der Waals surface area contributed by atoms with Gasteiger partial charge in [-0.25, -0.2) is 13.4 Å². The number of hydrogen-bond acceptors (Lipinski definition) is 4. The average molecular weight is 477 g/mol. The quantitative estimate of drug-likeness (QED) is 0.553. The molecule has 32 heavy (non-hydrogen) atoms. The van der Waals surface area contributed by atoms with Crippen LogP contribution in [0.5, 0.6) is 0 Å². The lowest BCUT2D eigenvalue weighted by atomic mass is 9.95. The predicted octanol–water partition coefficient (Wildman–Crippen LogP) is 4.78. The van der Waals surface area contributed by atoms with E-state index in [1.54, 1.807) is 6.20 Å².